The summed E-state index contributed by atoms with van der Waals surface area (Å²) in [7, 11) is 0.806. The topological polar surface area (TPSA) is 85.9 Å². The Balaban J connectivity index is 0.00000288. The van der Waals surface area contributed by atoms with Gasteiger partial charge in [-0.05, 0) is 31.5 Å². The van der Waals surface area contributed by atoms with Crippen LogP contribution < -0.4 is 19.5 Å². The van der Waals surface area contributed by atoms with Crippen LogP contribution in [0.4, 0.5) is 0 Å². The third kappa shape index (κ3) is 4.73. The van der Waals surface area contributed by atoms with Gasteiger partial charge in [-0.2, -0.15) is 0 Å². The molecule has 1 aromatic carbocycles. The Morgan fingerprint density at radius 1 is 1.25 bits per heavy atom. The number of rotatable bonds is 8. The van der Waals surface area contributed by atoms with Gasteiger partial charge in [0.2, 0.25) is 10.0 Å². The Morgan fingerprint density at radius 3 is 2.54 bits per heavy atom. The highest BCUT2D eigenvalue weighted by atomic mass is 35.5. The second-order valence-electron chi connectivity index (χ2n) is 5.59. The van der Waals surface area contributed by atoms with Crippen molar-refractivity contribution in [3.8, 4) is 11.5 Å². The van der Waals surface area contributed by atoms with Crippen LogP contribution in [0.15, 0.2) is 23.1 Å². The average molecular weight is 381 g/mol. The second kappa shape index (κ2) is 8.87. The highest BCUT2D eigenvalue weighted by Crippen LogP contribution is 2.28. The van der Waals surface area contributed by atoms with Crippen molar-refractivity contribution < 1.29 is 22.6 Å². The van der Waals surface area contributed by atoms with Crippen LogP contribution in [-0.4, -0.2) is 55.0 Å². The maximum absolute atomic E-state index is 12.7. The summed E-state index contributed by atoms with van der Waals surface area (Å²) in [6.45, 7) is 1.56. The Bertz CT molecular complexity index is 633. The van der Waals surface area contributed by atoms with E-state index in [1.54, 1.807) is 19.2 Å². The molecule has 0 aliphatic carbocycles. The zero-order valence-corrected chi connectivity index (χ0v) is 15.8. The minimum absolute atomic E-state index is 0. The van der Waals surface area contributed by atoms with Gasteiger partial charge in [0.15, 0.2) is 0 Å². The van der Waals surface area contributed by atoms with Gasteiger partial charge in [-0.15, -0.1) is 12.4 Å². The van der Waals surface area contributed by atoms with Crippen LogP contribution in [0.25, 0.3) is 0 Å². The molecular formula is C15H25ClN2O5S. The van der Waals surface area contributed by atoms with E-state index in [0.717, 1.165) is 19.4 Å². The number of benzene rings is 1. The van der Waals surface area contributed by atoms with E-state index < -0.39 is 10.0 Å². The predicted octanol–water partition coefficient (Wildman–Crippen LogP) is 1.17. The van der Waals surface area contributed by atoms with E-state index in [-0.39, 0.29) is 35.1 Å². The molecular weight excluding hydrogens is 356 g/mol. The number of hydrogen-bond donors (Lipinski definition) is 2. The molecule has 0 radical (unpaired) electrons. The van der Waals surface area contributed by atoms with E-state index in [0.29, 0.717) is 12.4 Å². The first-order valence-electron chi connectivity index (χ1n) is 7.42. The Morgan fingerprint density at radius 2 is 2.00 bits per heavy atom. The molecule has 1 saturated heterocycles. The third-order valence-corrected chi connectivity index (χ3v) is 5.44. The van der Waals surface area contributed by atoms with Crippen molar-refractivity contribution in [2.75, 3.05) is 41.0 Å². The minimum atomic E-state index is -3.73. The fourth-order valence-corrected chi connectivity index (χ4v) is 4.08. The summed E-state index contributed by atoms with van der Waals surface area (Å²) in [5.41, 5.74) is -0.367. The van der Waals surface area contributed by atoms with Crippen LogP contribution in [0.3, 0.4) is 0 Å². The van der Waals surface area contributed by atoms with E-state index in [4.69, 9.17) is 14.2 Å². The Hall–Kier alpha value is -1.06. The minimum Gasteiger partial charge on any atom is -0.497 e. The van der Waals surface area contributed by atoms with Gasteiger partial charge in [0.25, 0.3) is 0 Å². The summed E-state index contributed by atoms with van der Waals surface area (Å²) in [6.07, 6.45) is 1.85. The molecule has 1 aliphatic rings. The number of hydrogen-bond acceptors (Lipinski definition) is 6. The molecule has 2 N–H and O–H groups in total. The van der Waals surface area contributed by atoms with Gasteiger partial charge in [0.05, 0.1) is 26.4 Å². The van der Waals surface area contributed by atoms with Gasteiger partial charge < -0.3 is 19.5 Å². The lowest BCUT2D eigenvalue weighted by molar-refractivity contribution is 0.122. The Kier molecular flexibility index (Phi) is 7.75. The van der Waals surface area contributed by atoms with Crippen molar-refractivity contribution >= 4 is 22.4 Å². The maximum atomic E-state index is 12.7. The van der Waals surface area contributed by atoms with Crippen LogP contribution in [0.2, 0.25) is 0 Å². The fourth-order valence-electron chi connectivity index (χ4n) is 2.78. The lowest BCUT2D eigenvalue weighted by Gasteiger charge is -2.29. The average Bonchev–Trinajstić information content (AvgIpc) is 3.02. The first kappa shape index (κ1) is 21.0. The molecule has 0 saturated carbocycles. The number of nitrogens with one attached hydrogen (secondary N) is 2. The SMILES string of the molecule is COCC1(CNS(=O)(=O)c2cc(OC)ccc2OC)CCCN1.Cl. The molecule has 1 aliphatic heterocycles. The summed E-state index contributed by atoms with van der Waals surface area (Å²) in [6, 6.07) is 4.68. The van der Waals surface area contributed by atoms with Crippen molar-refractivity contribution in [2.24, 2.45) is 0 Å². The summed E-state index contributed by atoms with van der Waals surface area (Å²) < 4.78 is 43.5. The zero-order valence-electron chi connectivity index (χ0n) is 14.1. The molecule has 0 aromatic heterocycles. The van der Waals surface area contributed by atoms with E-state index in [9.17, 15) is 8.42 Å². The van der Waals surface area contributed by atoms with Gasteiger partial charge in [-0.3, -0.25) is 0 Å². The summed E-state index contributed by atoms with van der Waals surface area (Å²) in [4.78, 5) is 0.0601. The van der Waals surface area contributed by atoms with Gasteiger partial charge >= 0.3 is 0 Å². The van der Waals surface area contributed by atoms with Gasteiger partial charge in [0, 0.05) is 19.7 Å². The first-order chi connectivity index (χ1) is 11.0. The molecule has 7 nitrogen and oxygen atoms in total. The van der Waals surface area contributed by atoms with Crippen LogP contribution in [0, 0.1) is 0 Å². The monoisotopic (exact) mass is 380 g/mol. The number of halogens is 1. The molecule has 0 bridgehead atoms. The molecule has 2 rings (SSSR count). The van der Waals surface area contributed by atoms with Crippen LogP contribution in [-0.2, 0) is 14.8 Å². The van der Waals surface area contributed by atoms with Crippen molar-refractivity contribution in [1.82, 2.24) is 10.0 Å². The van der Waals surface area contributed by atoms with E-state index in [1.807, 2.05) is 0 Å². The second-order valence-corrected chi connectivity index (χ2v) is 7.32. The highest BCUT2D eigenvalue weighted by Gasteiger charge is 2.35. The molecule has 1 heterocycles. The summed E-state index contributed by atoms with van der Waals surface area (Å²) >= 11 is 0. The van der Waals surface area contributed by atoms with Crippen molar-refractivity contribution in [1.29, 1.82) is 0 Å². The lowest BCUT2D eigenvalue weighted by Crippen LogP contribution is -2.52. The molecule has 1 atom stereocenters. The molecule has 9 heteroatoms. The maximum Gasteiger partial charge on any atom is 0.244 e. The third-order valence-electron chi connectivity index (χ3n) is 4.01. The molecule has 138 valence electrons. The fraction of sp³-hybridized carbons (Fsp3) is 0.600. The highest BCUT2D eigenvalue weighted by molar-refractivity contribution is 7.89. The largest absolute Gasteiger partial charge is 0.497 e. The number of sulfonamides is 1. The van der Waals surface area contributed by atoms with Crippen molar-refractivity contribution in [2.45, 2.75) is 23.3 Å². The normalized spacial score (nSPS) is 20.5. The lowest BCUT2D eigenvalue weighted by atomic mass is 9.99. The quantitative estimate of drug-likeness (QED) is 0.704. The van der Waals surface area contributed by atoms with Gasteiger partial charge in [0.1, 0.15) is 16.4 Å². The zero-order chi connectivity index (χ0) is 16.9. The van der Waals surface area contributed by atoms with E-state index in [1.165, 1.54) is 20.3 Å². The summed E-state index contributed by atoms with van der Waals surface area (Å²) in [5.74, 6) is 0.732. The van der Waals surface area contributed by atoms with Crippen LogP contribution in [0.1, 0.15) is 12.8 Å². The smallest absolute Gasteiger partial charge is 0.244 e. The van der Waals surface area contributed by atoms with Crippen molar-refractivity contribution in [3.05, 3.63) is 18.2 Å². The summed E-state index contributed by atoms with van der Waals surface area (Å²) in [5, 5.41) is 3.34. The van der Waals surface area contributed by atoms with Crippen LogP contribution >= 0.6 is 12.4 Å². The molecule has 1 aromatic rings. The van der Waals surface area contributed by atoms with Gasteiger partial charge in [-0.25, -0.2) is 13.1 Å². The van der Waals surface area contributed by atoms with E-state index >= 15 is 0 Å². The molecule has 0 amide bonds. The molecule has 24 heavy (non-hydrogen) atoms. The standard InChI is InChI=1S/C15H24N2O5S.ClH/c1-20-11-15(7-4-8-16-15)10-17-23(18,19)14-9-12(21-2)5-6-13(14)22-3;/h5-6,9,16-17H,4,7-8,10-11H2,1-3H3;1H. The van der Waals surface area contributed by atoms with Gasteiger partial charge in [-0.1, -0.05) is 0 Å². The number of methoxy groups -OCH3 is 3. The van der Waals surface area contributed by atoms with Crippen molar-refractivity contribution in [3.63, 3.8) is 0 Å². The molecule has 1 fully saturated rings. The predicted molar refractivity (Wildman–Crippen MR) is 93.8 cm³/mol. The molecule has 0 spiro atoms. The molecule has 1 unspecified atom stereocenters. The first-order valence-corrected chi connectivity index (χ1v) is 8.90. The van der Waals surface area contributed by atoms with E-state index in [2.05, 4.69) is 10.0 Å². The van der Waals surface area contributed by atoms with Crippen LogP contribution in [0.5, 0.6) is 11.5 Å². The number of ether oxygens (including phenoxy) is 3. The Labute approximate surface area is 149 Å².